The van der Waals surface area contributed by atoms with E-state index in [4.69, 9.17) is 0 Å². The zero-order chi connectivity index (χ0) is 17.2. The minimum atomic E-state index is -0.0132. The van der Waals surface area contributed by atoms with E-state index in [1.807, 2.05) is 57.9 Å². The van der Waals surface area contributed by atoms with Crippen LogP contribution in [0, 0.1) is 0 Å². The maximum absolute atomic E-state index is 12.9. The summed E-state index contributed by atoms with van der Waals surface area (Å²) in [5.41, 5.74) is 2.03. The molecule has 4 rings (SSSR count). The van der Waals surface area contributed by atoms with E-state index in [0.717, 1.165) is 29.9 Å². The van der Waals surface area contributed by atoms with E-state index >= 15 is 0 Å². The lowest BCUT2D eigenvalue weighted by molar-refractivity contribution is -0.135. The number of halogens is 2. The van der Waals surface area contributed by atoms with Gasteiger partial charge in [-0.2, -0.15) is 0 Å². The first-order valence-corrected chi connectivity index (χ1v) is 8.61. The van der Waals surface area contributed by atoms with Crippen molar-refractivity contribution in [2.24, 2.45) is 7.05 Å². The summed E-state index contributed by atoms with van der Waals surface area (Å²) in [6.45, 7) is 2.91. The maximum atomic E-state index is 12.9. The van der Waals surface area contributed by atoms with Crippen molar-refractivity contribution in [1.82, 2.24) is 29.3 Å². The summed E-state index contributed by atoms with van der Waals surface area (Å²) in [6.07, 6.45) is 5.97. The number of imidazole rings is 2. The molecular weight excluding hydrogens is 387 g/mol. The third-order valence-corrected chi connectivity index (χ3v) is 4.81. The van der Waals surface area contributed by atoms with E-state index in [9.17, 15) is 4.79 Å². The SMILES string of the molecule is Cl.Cl.Cn1ccnc1C1CNCCN1C(=O)CCn1cnc2ccccc21. The number of hydrogen-bond donors (Lipinski definition) is 1. The number of carbonyl (C=O) groups excluding carboxylic acids is 1. The third-order valence-electron chi connectivity index (χ3n) is 4.81. The van der Waals surface area contributed by atoms with E-state index < -0.39 is 0 Å². The average Bonchev–Trinajstić information content (AvgIpc) is 3.26. The Kier molecular flexibility index (Phi) is 7.24. The van der Waals surface area contributed by atoms with Crippen LogP contribution in [0.4, 0.5) is 0 Å². The number of carbonyl (C=O) groups is 1. The summed E-state index contributed by atoms with van der Waals surface area (Å²) in [5, 5.41) is 3.37. The Labute approximate surface area is 170 Å². The summed E-state index contributed by atoms with van der Waals surface area (Å²) in [6, 6.07) is 7.98. The predicted molar refractivity (Wildman–Crippen MR) is 109 cm³/mol. The molecule has 3 heterocycles. The van der Waals surface area contributed by atoms with Crippen molar-refractivity contribution in [3.63, 3.8) is 0 Å². The van der Waals surface area contributed by atoms with Crippen molar-refractivity contribution in [1.29, 1.82) is 0 Å². The molecule has 1 atom stereocenters. The highest BCUT2D eigenvalue weighted by Gasteiger charge is 2.30. The monoisotopic (exact) mass is 410 g/mol. The molecule has 0 radical (unpaired) electrons. The molecule has 1 aliphatic rings. The number of hydrogen-bond acceptors (Lipinski definition) is 4. The first-order valence-electron chi connectivity index (χ1n) is 8.61. The second-order valence-corrected chi connectivity index (χ2v) is 6.38. The van der Waals surface area contributed by atoms with Crippen molar-refractivity contribution in [3.05, 3.63) is 48.8 Å². The number of nitrogens with one attached hydrogen (secondary N) is 1. The second-order valence-electron chi connectivity index (χ2n) is 6.38. The summed E-state index contributed by atoms with van der Waals surface area (Å²) < 4.78 is 4.03. The number of benzene rings is 1. The lowest BCUT2D eigenvalue weighted by Crippen LogP contribution is -2.49. The Morgan fingerprint density at radius 1 is 1.26 bits per heavy atom. The Morgan fingerprint density at radius 3 is 2.85 bits per heavy atom. The van der Waals surface area contributed by atoms with Gasteiger partial charge in [0.05, 0.1) is 17.4 Å². The number of piperazine rings is 1. The molecule has 9 heteroatoms. The van der Waals surface area contributed by atoms with E-state index in [1.54, 1.807) is 6.20 Å². The quantitative estimate of drug-likeness (QED) is 0.715. The van der Waals surface area contributed by atoms with E-state index in [-0.39, 0.29) is 36.8 Å². The Morgan fingerprint density at radius 2 is 2.07 bits per heavy atom. The normalized spacial score (nSPS) is 16.6. The fourth-order valence-electron chi connectivity index (χ4n) is 3.48. The minimum Gasteiger partial charge on any atom is -0.336 e. The van der Waals surface area contributed by atoms with Crippen molar-refractivity contribution < 1.29 is 4.79 Å². The Hall–Kier alpha value is -2.09. The molecule has 0 saturated carbocycles. The predicted octanol–water partition coefficient (Wildman–Crippen LogP) is 2.18. The Bertz CT molecular complexity index is 893. The van der Waals surface area contributed by atoms with Gasteiger partial charge in [-0.05, 0) is 12.1 Å². The lowest BCUT2D eigenvalue weighted by atomic mass is 10.1. The molecule has 1 aromatic carbocycles. The van der Waals surface area contributed by atoms with Crippen LogP contribution in [-0.2, 0) is 18.4 Å². The van der Waals surface area contributed by atoms with Crippen LogP contribution in [0.2, 0.25) is 0 Å². The van der Waals surface area contributed by atoms with E-state index in [0.29, 0.717) is 19.5 Å². The van der Waals surface area contributed by atoms with Gasteiger partial charge in [0, 0.05) is 52.0 Å². The minimum absolute atomic E-state index is 0. The molecule has 0 aliphatic carbocycles. The number of amides is 1. The molecule has 1 aliphatic heterocycles. The molecule has 1 fully saturated rings. The molecular formula is C18H24Cl2N6O. The fourth-order valence-corrected chi connectivity index (χ4v) is 3.48. The Balaban J connectivity index is 0.00000131. The summed E-state index contributed by atoms with van der Waals surface area (Å²) in [4.78, 5) is 23.7. The van der Waals surface area contributed by atoms with Crippen LogP contribution in [0.3, 0.4) is 0 Å². The first kappa shape index (κ1) is 21.2. The van der Waals surface area contributed by atoms with Gasteiger partial charge >= 0.3 is 0 Å². The van der Waals surface area contributed by atoms with Crippen LogP contribution in [0.1, 0.15) is 18.3 Å². The fraction of sp³-hybridized carbons (Fsp3) is 0.389. The number of para-hydroxylation sites is 2. The van der Waals surface area contributed by atoms with Gasteiger partial charge < -0.3 is 19.4 Å². The van der Waals surface area contributed by atoms with Crippen LogP contribution in [0.5, 0.6) is 0 Å². The molecule has 7 nitrogen and oxygen atoms in total. The standard InChI is InChI=1S/C18H22N6O.2ClH/c1-22-10-8-20-18(22)16-12-19-7-11-24(16)17(25)6-9-23-13-21-14-4-2-3-5-15(14)23;;/h2-5,8,10,13,16,19H,6-7,9,11-12H2,1H3;2*1H. The third kappa shape index (κ3) is 4.26. The number of aromatic nitrogens is 4. The summed E-state index contributed by atoms with van der Waals surface area (Å²) in [5.74, 6) is 1.08. The van der Waals surface area contributed by atoms with Gasteiger partial charge in [0.1, 0.15) is 11.9 Å². The van der Waals surface area contributed by atoms with Gasteiger partial charge in [-0.15, -0.1) is 24.8 Å². The number of nitrogens with zero attached hydrogens (tertiary/aromatic N) is 5. The van der Waals surface area contributed by atoms with Crippen LogP contribution >= 0.6 is 24.8 Å². The summed E-state index contributed by atoms with van der Waals surface area (Å²) >= 11 is 0. The molecule has 1 saturated heterocycles. The maximum Gasteiger partial charge on any atom is 0.225 e. The number of rotatable bonds is 4. The van der Waals surface area contributed by atoms with Gasteiger partial charge in [-0.1, -0.05) is 12.1 Å². The van der Waals surface area contributed by atoms with Gasteiger partial charge in [0.2, 0.25) is 5.91 Å². The molecule has 1 amide bonds. The molecule has 2 aromatic heterocycles. The largest absolute Gasteiger partial charge is 0.336 e. The van der Waals surface area contributed by atoms with E-state index in [2.05, 4.69) is 15.3 Å². The highest BCUT2D eigenvalue weighted by atomic mass is 35.5. The van der Waals surface area contributed by atoms with Crippen LogP contribution in [0.15, 0.2) is 43.0 Å². The highest BCUT2D eigenvalue weighted by molar-refractivity contribution is 5.85. The number of fused-ring (bicyclic) bond motifs is 1. The van der Waals surface area contributed by atoms with Crippen molar-refractivity contribution in [2.45, 2.75) is 19.0 Å². The first-order chi connectivity index (χ1) is 12.2. The second kappa shape index (κ2) is 9.21. The zero-order valence-electron chi connectivity index (χ0n) is 15.1. The van der Waals surface area contributed by atoms with Crippen LogP contribution in [0.25, 0.3) is 11.0 Å². The number of aryl methyl sites for hydroxylation is 2. The van der Waals surface area contributed by atoms with Crippen LogP contribution in [-0.4, -0.2) is 49.5 Å². The average molecular weight is 411 g/mol. The van der Waals surface area contributed by atoms with Crippen molar-refractivity contribution in [3.8, 4) is 0 Å². The summed E-state index contributed by atoms with van der Waals surface area (Å²) in [7, 11) is 1.97. The molecule has 27 heavy (non-hydrogen) atoms. The zero-order valence-corrected chi connectivity index (χ0v) is 16.7. The van der Waals surface area contributed by atoms with Gasteiger partial charge in [0.15, 0.2) is 0 Å². The molecule has 0 bridgehead atoms. The molecule has 1 unspecified atom stereocenters. The molecule has 1 N–H and O–H groups in total. The highest BCUT2D eigenvalue weighted by Crippen LogP contribution is 2.21. The molecule has 3 aromatic rings. The van der Waals surface area contributed by atoms with Crippen molar-refractivity contribution in [2.75, 3.05) is 19.6 Å². The topological polar surface area (TPSA) is 68.0 Å². The van der Waals surface area contributed by atoms with Gasteiger partial charge in [0.25, 0.3) is 0 Å². The lowest BCUT2D eigenvalue weighted by Gasteiger charge is -2.35. The van der Waals surface area contributed by atoms with Crippen molar-refractivity contribution >= 4 is 41.8 Å². The van der Waals surface area contributed by atoms with Gasteiger partial charge in [-0.3, -0.25) is 4.79 Å². The van der Waals surface area contributed by atoms with E-state index in [1.165, 1.54) is 0 Å². The van der Waals surface area contributed by atoms with Crippen LogP contribution < -0.4 is 5.32 Å². The molecule has 146 valence electrons. The molecule has 0 spiro atoms. The smallest absolute Gasteiger partial charge is 0.225 e. The van der Waals surface area contributed by atoms with Gasteiger partial charge in [-0.25, -0.2) is 9.97 Å².